The number of epoxide rings is 1. The summed E-state index contributed by atoms with van der Waals surface area (Å²) in [7, 11) is 0. The SMILES string of the molecule is Cc1sc(C2CO2)nc1CO. The first-order valence-electron chi connectivity index (χ1n) is 3.50. The highest BCUT2D eigenvalue weighted by Gasteiger charge is 2.28. The largest absolute Gasteiger partial charge is 0.390 e. The summed E-state index contributed by atoms with van der Waals surface area (Å²) in [5.74, 6) is 0. The summed E-state index contributed by atoms with van der Waals surface area (Å²) in [6.07, 6.45) is 0.221. The van der Waals surface area contributed by atoms with Crippen molar-refractivity contribution in [1.29, 1.82) is 0 Å². The molecule has 0 bridgehead atoms. The van der Waals surface area contributed by atoms with E-state index >= 15 is 0 Å². The van der Waals surface area contributed by atoms with Crippen molar-refractivity contribution in [3.63, 3.8) is 0 Å². The van der Waals surface area contributed by atoms with E-state index in [4.69, 9.17) is 9.84 Å². The number of rotatable bonds is 2. The minimum Gasteiger partial charge on any atom is -0.390 e. The molecule has 11 heavy (non-hydrogen) atoms. The van der Waals surface area contributed by atoms with Crippen LogP contribution in [0, 0.1) is 6.92 Å². The standard InChI is InChI=1S/C7H9NO2S/c1-4-5(2-9)8-7(11-4)6-3-10-6/h6,9H,2-3H2,1H3. The van der Waals surface area contributed by atoms with Crippen molar-refractivity contribution < 1.29 is 9.84 Å². The molecule has 4 heteroatoms. The lowest BCUT2D eigenvalue weighted by atomic mass is 10.4. The number of nitrogens with zero attached hydrogens (tertiary/aromatic N) is 1. The molecule has 2 heterocycles. The fourth-order valence-electron chi connectivity index (χ4n) is 0.925. The Morgan fingerprint density at radius 3 is 3.00 bits per heavy atom. The molecule has 60 valence electrons. The molecule has 0 radical (unpaired) electrons. The average molecular weight is 171 g/mol. The van der Waals surface area contributed by atoms with Crippen LogP contribution in [0.4, 0.5) is 0 Å². The normalized spacial score (nSPS) is 22.2. The minimum absolute atomic E-state index is 0.0368. The molecule has 1 fully saturated rings. The van der Waals surface area contributed by atoms with Gasteiger partial charge in [-0.1, -0.05) is 0 Å². The summed E-state index contributed by atoms with van der Waals surface area (Å²) in [6, 6.07) is 0. The highest BCUT2D eigenvalue weighted by Crippen LogP contribution is 2.33. The van der Waals surface area contributed by atoms with Gasteiger partial charge in [0.2, 0.25) is 0 Å². The van der Waals surface area contributed by atoms with Gasteiger partial charge in [0.05, 0.1) is 18.9 Å². The van der Waals surface area contributed by atoms with Gasteiger partial charge in [-0.3, -0.25) is 0 Å². The monoisotopic (exact) mass is 171 g/mol. The lowest BCUT2D eigenvalue weighted by molar-refractivity contribution is 0.276. The molecule has 1 N–H and O–H groups in total. The van der Waals surface area contributed by atoms with E-state index in [0.29, 0.717) is 0 Å². The maximum atomic E-state index is 8.84. The predicted octanol–water partition coefficient (Wildman–Crippen LogP) is 1.02. The zero-order chi connectivity index (χ0) is 7.84. The van der Waals surface area contributed by atoms with Gasteiger partial charge < -0.3 is 9.84 Å². The van der Waals surface area contributed by atoms with E-state index in [2.05, 4.69) is 4.98 Å². The van der Waals surface area contributed by atoms with E-state index in [1.54, 1.807) is 11.3 Å². The van der Waals surface area contributed by atoms with Crippen LogP contribution in [0.5, 0.6) is 0 Å². The summed E-state index contributed by atoms with van der Waals surface area (Å²) < 4.78 is 5.07. The number of hydrogen-bond acceptors (Lipinski definition) is 4. The van der Waals surface area contributed by atoms with Crippen LogP contribution in [0.2, 0.25) is 0 Å². The van der Waals surface area contributed by atoms with Gasteiger partial charge >= 0.3 is 0 Å². The molecule has 1 saturated heterocycles. The minimum atomic E-state index is 0.0368. The Kier molecular flexibility index (Phi) is 1.67. The maximum absolute atomic E-state index is 8.84. The number of aryl methyl sites for hydroxylation is 1. The van der Waals surface area contributed by atoms with Gasteiger partial charge in [-0.25, -0.2) is 4.98 Å². The summed E-state index contributed by atoms with van der Waals surface area (Å²) in [5.41, 5.74) is 0.792. The summed E-state index contributed by atoms with van der Waals surface area (Å²) in [6.45, 7) is 2.79. The zero-order valence-corrected chi connectivity index (χ0v) is 7.02. The van der Waals surface area contributed by atoms with Crippen molar-refractivity contribution in [2.45, 2.75) is 19.6 Å². The Morgan fingerprint density at radius 2 is 2.55 bits per heavy atom. The number of thiazole rings is 1. The van der Waals surface area contributed by atoms with Crippen molar-refractivity contribution in [2.75, 3.05) is 6.61 Å². The molecule has 1 aliphatic heterocycles. The summed E-state index contributed by atoms with van der Waals surface area (Å²) in [5, 5.41) is 9.84. The van der Waals surface area contributed by atoms with E-state index in [1.165, 1.54) is 0 Å². The van der Waals surface area contributed by atoms with E-state index in [-0.39, 0.29) is 12.7 Å². The van der Waals surface area contributed by atoms with Crippen LogP contribution in [-0.4, -0.2) is 16.7 Å². The van der Waals surface area contributed by atoms with Crippen molar-refractivity contribution in [3.8, 4) is 0 Å². The molecule has 1 aliphatic rings. The fraction of sp³-hybridized carbons (Fsp3) is 0.571. The number of aliphatic hydroxyl groups is 1. The van der Waals surface area contributed by atoms with Crippen LogP contribution in [0.15, 0.2) is 0 Å². The first-order valence-corrected chi connectivity index (χ1v) is 4.31. The second kappa shape index (κ2) is 2.55. The number of aromatic nitrogens is 1. The smallest absolute Gasteiger partial charge is 0.132 e. The lowest BCUT2D eigenvalue weighted by Gasteiger charge is -1.86. The third-order valence-corrected chi connectivity index (χ3v) is 2.77. The van der Waals surface area contributed by atoms with Gasteiger partial charge in [0.25, 0.3) is 0 Å². The van der Waals surface area contributed by atoms with Gasteiger partial charge in [-0.2, -0.15) is 0 Å². The molecule has 1 atom stereocenters. The Hall–Kier alpha value is -0.450. The molecule has 0 aliphatic carbocycles. The molecule has 1 aromatic heterocycles. The molecule has 2 rings (SSSR count). The van der Waals surface area contributed by atoms with Crippen molar-refractivity contribution in [3.05, 3.63) is 15.6 Å². The highest BCUT2D eigenvalue weighted by atomic mass is 32.1. The molecule has 3 nitrogen and oxygen atoms in total. The second-order valence-electron chi connectivity index (χ2n) is 2.54. The third-order valence-electron chi connectivity index (χ3n) is 1.67. The maximum Gasteiger partial charge on any atom is 0.132 e. The number of hydrogen-bond donors (Lipinski definition) is 1. The van der Waals surface area contributed by atoms with E-state index in [0.717, 1.165) is 22.2 Å². The Balaban J connectivity index is 2.28. The zero-order valence-electron chi connectivity index (χ0n) is 6.20. The van der Waals surface area contributed by atoms with Crippen LogP contribution < -0.4 is 0 Å². The first-order chi connectivity index (χ1) is 5.31. The Bertz CT molecular complexity index is 267. The van der Waals surface area contributed by atoms with Gasteiger partial charge in [-0.15, -0.1) is 11.3 Å². The van der Waals surface area contributed by atoms with Crippen LogP contribution in [0.25, 0.3) is 0 Å². The summed E-state index contributed by atoms with van der Waals surface area (Å²) in [4.78, 5) is 5.33. The van der Waals surface area contributed by atoms with E-state index in [1.807, 2.05) is 6.92 Å². The molecule has 0 aromatic carbocycles. The number of aliphatic hydroxyl groups excluding tert-OH is 1. The molecule has 0 saturated carbocycles. The van der Waals surface area contributed by atoms with Crippen LogP contribution >= 0.6 is 11.3 Å². The van der Waals surface area contributed by atoms with E-state index in [9.17, 15) is 0 Å². The topological polar surface area (TPSA) is 45.7 Å². The third kappa shape index (κ3) is 1.29. The van der Waals surface area contributed by atoms with Crippen LogP contribution in [-0.2, 0) is 11.3 Å². The van der Waals surface area contributed by atoms with Crippen molar-refractivity contribution in [2.24, 2.45) is 0 Å². The average Bonchev–Trinajstić information content (AvgIpc) is 2.76. The Labute approximate surface area is 68.7 Å². The highest BCUT2D eigenvalue weighted by molar-refractivity contribution is 7.11. The van der Waals surface area contributed by atoms with Crippen LogP contribution in [0.3, 0.4) is 0 Å². The van der Waals surface area contributed by atoms with Gasteiger partial charge in [0.15, 0.2) is 0 Å². The second-order valence-corrected chi connectivity index (χ2v) is 3.77. The quantitative estimate of drug-likeness (QED) is 0.675. The predicted molar refractivity (Wildman–Crippen MR) is 41.5 cm³/mol. The molecular formula is C7H9NO2S. The summed E-state index contributed by atoms with van der Waals surface area (Å²) >= 11 is 1.61. The van der Waals surface area contributed by atoms with Gasteiger partial charge in [0, 0.05) is 4.88 Å². The molecule has 0 amide bonds. The molecule has 0 spiro atoms. The first kappa shape index (κ1) is 7.21. The van der Waals surface area contributed by atoms with Gasteiger partial charge in [0.1, 0.15) is 11.1 Å². The number of ether oxygens (including phenoxy) is 1. The molecular weight excluding hydrogens is 162 g/mol. The van der Waals surface area contributed by atoms with E-state index < -0.39 is 0 Å². The Morgan fingerprint density at radius 1 is 1.82 bits per heavy atom. The van der Waals surface area contributed by atoms with Gasteiger partial charge in [-0.05, 0) is 6.92 Å². The lowest BCUT2D eigenvalue weighted by Crippen LogP contribution is -1.86. The van der Waals surface area contributed by atoms with Crippen molar-refractivity contribution >= 4 is 11.3 Å². The van der Waals surface area contributed by atoms with Crippen molar-refractivity contribution in [1.82, 2.24) is 4.98 Å². The molecule has 1 aromatic rings. The fourth-order valence-corrected chi connectivity index (χ4v) is 1.89. The molecule has 1 unspecified atom stereocenters. The van der Waals surface area contributed by atoms with Crippen LogP contribution in [0.1, 0.15) is 21.7 Å².